The van der Waals surface area contributed by atoms with Crippen molar-refractivity contribution in [3.05, 3.63) is 20.6 Å². The second-order valence-corrected chi connectivity index (χ2v) is 6.46. The lowest BCUT2D eigenvalue weighted by Gasteiger charge is -2.34. The van der Waals surface area contributed by atoms with Gasteiger partial charge in [-0.15, -0.1) is 11.3 Å². The molecule has 7 heteroatoms. The van der Waals surface area contributed by atoms with Gasteiger partial charge in [-0.05, 0) is 25.3 Å². The molecule has 2 aromatic rings. The number of nitrogens with zero attached hydrogens (tertiary/aromatic N) is 2. The number of hydrogen-bond donors (Lipinski definition) is 1. The van der Waals surface area contributed by atoms with Crippen molar-refractivity contribution in [2.24, 2.45) is 5.73 Å². The highest BCUT2D eigenvalue weighted by Gasteiger charge is 2.39. The van der Waals surface area contributed by atoms with Crippen molar-refractivity contribution in [1.29, 1.82) is 0 Å². The van der Waals surface area contributed by atoms with E-state index >= 15 is 0 Å². The van der Waals surface area contributed by atoms with Gasteiger partial charge in [-0.3, -0.25) is 0 Å². The van der Waals surface area contributed by atoms with E-state index in [2.05, 4.69) is 10.1 Å². The molecule has 1 saturated carbocycles. The van der Waals surface area contributed by atoms with Crippen LogP contribution in [0.2, 0.25) is 8.67 Å². The Bertz CT molecular complexity index is 562. The summed E-state index contributed by atoms with van der Waals surface area (Å²) >= 11 is 13.2. The lowest BCUT2D eigenvalue weighted by atomic mass is 9.77. The summed E-state index contributed by atoms with van der Waals surface area (Å²) in [5.74, 6) is 0.932. The molecule has 2 heterocycles. The summed E-state index contributed by atoms with van der Waals surface area (Å²) in [5, 5.41) is 3.93. The van der Waals surface area contributed by atoms with Crippen LogP contribution in [-0.4, -0.2) is 10.1 Å². The number of aromatic nitrogens is 2. The normalized spacial score (nSPS) is 18.1. The van der Waals surface area contributed by atoms with Crippen LogP contribution < -0.4 is 5.73 Å². The minimum absolute atomic E-state index is 0.380. The van der Waals surface area contributed by atoms with Gasteiger partial charge in [0.15, 0.2) is 5.82 Å². The van der Waals surface area contributed by atoms with Gasteiger partial charge in [-0.25, -0.2) is 0 Å². The van der Waals surface area contributed by atoms with Gasteiger partial charge in [0.05, 0.1) is 15.4 Å². The quantitative estimate of drug-likeness (QED) is 0.920. The van der Waals surface area contributed by atoms with Crippen molar-refractivity contribution in [2.75, 3.05) is 0 Å². The minimum atomic E-state index is -0.423. The second-order valence-electron chi connectivity index (χ2n) is 4.17. The Morgan fingerprint density at radius 3 is 2.71 bits per heavy atom. The maximum atomic E-state index is 6.12. The molecule has 0 atom stereocenters. The molecule has 1 fully saturated rings. The van der Waals surface area contributed by atoms with E-state index in [0.717, 1.165) is 19.3 Å². The van der Waals surface area contributed by atoms with E-state index in [9.17, 15) is 0 Å². The Morgan fingerprint density at radius 2 is 2.18 bits per heavy atom. The predicted molar refractivity (Wildman–Crippen MR) is 67.3 cm³/mol. The molecule has 1 aliphatic carbocycles. The smallest absolute Gasteiger partial charge is 0.260 e. The molecule has 0 bridgehead atoms. The van der Waals surface area contributed by atoms with Crippen LogP contribution in [0.3, 0.4) is 0 Å². The molecule has 0 amide bonds. The average Bonchev–Trinajstić information content (AvgIpc) is 2.81. The van der Waals surface area contributed by atoms with Gasteiger partial charge in [0.2, 0.25) is 0 Å². The molecule has 0 aromatic carbocycles. The van der Waals surface area contributed by atoms with Crippen LogP contribution in [0.4, 0.5) is 0 Å². The first kappa shape index (κ1) is 11.5. The van der Waals surface area contributed by atoms with Gasteiger partial charge >= 0.3 is 0 Å². The van der Waals surface area contributed by atoms with Crippen LogP contribution in [-0.2, 0) is 5.54 Å². The Balaban J connectivity index is 1.97. The molecule has 4 nitrogen and oxygen atoms in total. The third kappa shape index (κ3) is 1.87. The van der Waals surface area contributed by atoms with Crippen LogP contribution in [0.5, 0.6) is 0 Å². The molecule has 1 aliphatic rings. The molecule has 2 N–H and O–H groups in total. The van der Waals surface area contributed by atoms with Crippen LogP contribution in [0.1, 0.15) is 25.1 Å². The fourth-order valence-corrected chi connectivity index (χ4v) is 3.25. The molecule has 17 heavy (non-hydrogen) atoms. The first-order valence-corrected chi connectivity index (χ1v) is 6.74. The zero-order valence-electron chi connectivity index (χ0n) is 8.74. The average molecular weight is 290 g/mol. The van der Waals surface area contributed by atoms with Crippen molar-refractivity contribution >= 4 is 34.5 Å². The molecule has 90 valence electrons. The molecular formula is C10H9Cl2N3OS. The van der Waals surface area contributed by atoms with Gasteiger partial charge in [0, 0.05) is 0 Å². The van der Waals surface area contributed by atoms with E-state index in [1.165, 1.54) is 11.3 Å². The van der Waals surface area contributed by atoms with Gasteiger partial charge in [0.25, 0.3) is 5.89 Å². The van der Waals surface area contributed by atoms with Gasteiger partial charge in [0.1, 0.15) is 4.34 Å². The van der Waals surface area contributed by atoms with E-state index in [-0.39, 0.29) is 0 Å². The van der Waals surface area contributed by atoms with Crippen molar-refractivity contribution in [3.63, 3.8) is 0 Å². The molecule has 0 saturated heterocycles. The van der Waals surface area contributed by atoms with Gasteiger partial charge in [-0.1, -0.05) is 28.4 Å². The Hall–Kier alpha value is -0.620. The monoisotopic (exact) mass is 289 g/mol. The molecule has 0 unspecified atom stereocenters. The zero-order valence-corrected chi connectivity index (χ0v) is 11.1. The van der Waals surface area contributed by atoms with E-state index in [1.807, 2.05) is 0 Å². The second kappa shape index (κ2) is 3.95. The van der Waals surface area contributed by atoms with E-state index in [1.54, 1.807) is 6.07 Å². The third-order valence-electron chi connectivity index (χ3n) is 3.00. The van der Waals surface area contributed by atoms with Crippen molar-refractivity contribution in [1.82, 2.24) is 10.1 Å². The van der Waals surface area contributed by atoms with Crippen LogP contribution in [0.15, 0.2) is 10.6 Å². The standard InChI is InChI=1S/C10H9Cl2N3OS/c11-6-4-5(7(12)17-6)8-14-9(15-16-8)10(13)2-1-3-10/h4H,1-3,13H2. The Morgan fingerprint density at radius 1 is 1.41 bits per heavy atom. The summed E-state index contributed by atoms with van der Waals surface area (Å²) in [6, 6.07) is 1.72. The fourth-order valence-electron chi connectivity index (χ4n) is 1.80. The van der Waals surface area contributed by atoms with Crippen molar-refractivity contribution in [2.45, 2.75) is 24.8 Å². The van der Waals surface area contributed by atoms with Gasteiger partial charge < -0.3 is 10.3 Å². The van der Waals surface area contributed by atoms with E-state index in [0.29, 0.717) is 26.0 Å². The highest BCUT2D eigenvalue weighted by atomic mass is 35.5. The number of rotatable bonds is 2. The third-order valence-corrected chi connectivity index (χ3v) is 4.49. The summed E-state index contributed by atoms with van der Waals surface area (Å²) in [4.78, 5) is 4.31. The first-order chi connectivity index (χ1) is 8.08. The van der Waals surface area contributed by atoms with Crippen LogP contribution in [0, 0.1) is 0 Å². The molecule has 0 spiro atoms. The van der Waals surface area contributed by atoms with E-state index < -0.39 is 5.54 Å². The lowest BCUT2D eigenvalue weighted by molar-refractivity contribution is 0.229. The molecule has 0 radical (unpaired) electrons. The van der Waals surface area contributed by atoms with Crippen molar-refractivity contribution < 1.29 is 4.52 Å². The SMILES string of the molecule is NC1(c2noc(-c3cc(Cl)sc3Cl)n2)CCC1. The van der Waals surface area contributed by atoms with Crippen LogP contribution >= 0.6 is 34.5 Å². The largest absolute Gasteiger partial charge is 0.334 e. The van der Waals surface area contributed by atoms with Gasteiger partial charge in [-0.2, -0.15) is 4.98 Å². The zero-order chi connectivity index (χ0) is 12.0. The minimum Gasteiger partial charge on any atom is -0.334 e. The molecule has 2 aromatic heterocycles. The maximum Gasteiger partial charge on any atom is 0.260 e. The van der Waals surface area contributed by atoms with Crippen LogP contribution in [0.25, 0.3) is 11.5 Å². The summed E-state index contributed by atoms with van der Waals surface area (Å²) in [6.07, 6.45) is 2.89. The Labute approximate surface area is 112 Å². The number of thiophene rings is 1. The predicted octanol–water partition coefficient (Wildman–Crippen LogP) is 3.44. The fraction of sp³-hybridized carbons (Fsp3) is 0.400. The summed E-state index contributed by atoms with van der Waals surface area (Å²) in [7, 11) is 0. The molecule has 0 aliphatic heterocycles. The lowest BCUT2D eigenvalue weighted by Crippen LogP contribution is -2.44. The molecule has 3 rings (SSSR count). The van der Waals surface area contributed by atoms with Crippen molar-refractivity contribution in [3.8, 4) is 11.5 Å². The first-order valence-electron chi connectivity index (χ1n) is 5.17. The summed E-state index contributed by atoms with van der Waals surface area (Å²) < 4.78 is 6.33. The number of halogens is 2. The Kier molecular flexibility index (Phi) is 2.66. The summed E-state index contributed by atoms with van der Waals surface area (Å²) in [6.45, 7) is 0. The summed E-state index contributed by atoms with van der Waals surface area (Å²) in [5.41, 5.74) is 6.36. The molecular weight excluding hydrogens is 281 g/mol. The highest BCUT2D eigenvalue weighted by molar-refractivity contribution is 7.20. The number of nitrogens with two attached hydrogens (primary N) is 1. The topological polar surface area (TPSA) is 64.9 Å². The van der Waals surface area contributed by atoms with E-state index in [4.69, 9.17) is 33.5 Å². The maximum absolute atomic E-state index is 6.12. The highest BCUT2D eigenvalue weighted by Crippen LogP contribution is 2.40. The number of hydrogen-bond acceptors (Lipinski definition) is 5.